The van der Waals surface area contributed by atoms with E-state index in [1.807, 2.05) is 6.07 Å². The molecular formula is C19H17F3N2O2S. The van der Waals surface area contributed by atoms with Crippen LogP contribution in [0, 0.1) is 17.5 Å². The maximum absolute atomic E-state index is 14.2. The number of hydrogen-bond acceptors (Lipinski definition) is 3. The van der Waals surface area contributed by atoms with Gasteiger partial charge in [-0.3, -0.25) is 0 Å². The van der Waals surface area contributed by atoms with E-state index in [4.69, 9.17) is 0 Å². The predicted molar refractivity (Wildman–Crippen MR) is 95.7 cm³/mol. The van der Waals surface area contributed by atoms with Crippen LogP contribution in [0.15, 0.2) is 47.5 Å². The van der Waals surface area contributed by atoms with E-state index >= 15 is 0 Å². The number of piperidine rings is 1. The molecule has 142 valence electrons. The summed E-state index contributed by atoms with van der Waals surface area (Å²) in [5.41, 5.74) is 1.21. The zero-order valence-electron chi connectivity index (χ0n) is 14.3. The van der Waals surface area contributed by atoms with Crippen molar-refractivity contribution in [2.24, 2.45) is 0 Å². The number of nitrogens with one attached hydrogen (secondary N) is 1. The molecule has 1 aliphatic heterocycles. The molecule has 4 nitrogen and oxygen atoms in total. The van der Waals surface area contributed by atoms with Crippen molar-refractivity contribution in [1.29, 1.82) is 0 Å². The largest absolute Gasteiger partial charge is 0.316 e. The van der Waals surface area contributed by atoms with Crippen LogP contribution in [0.1, 0.15) is 24.3 Å². The minimum atomic E-state index is -4.44. The predicted octanol–water partition coefficient (Wildman–Crippen LogP) is 3.76. The number of para-hydroxylation sites is 1. The summed E-state index contributed by atoms with van der Waals surface area (Å²) in [6, 6.07) is 8.27. The Hall–Kier alpha value is -2.32. The van der Waals surface area contributed by atoms with Crippen LogP contribution >= 0.6 is 0 Å². The molecule has 1 aliphatic rings. The second-order valence-corrected chi connectivity index (χ2v) is 8.40. The molecular weight excluding hydrogens is 377 g/mol. The van der Waals surface area contributed by atoms with Crippen LogP contribution in [0.3, 0.4) is 0 Å². The lowest BCUT2D eigenvalue weighted by Crippen LogP contribution is -2.28. The maximum Gasteiger partial charge on any atom is 0.271 e. The van der Waals surface area contributed by atoms with E-state index in [0.29, 0.717) is 18.1 Å². The van der Waals surface area contributed by atoms with Crippen molar-refractivity contribution in [2.45, 2.75) is 23.7 Å². The Morgan fingerprint density at radius 3 is 2.56 bits per heavy atom. The Labute approximate surface area is 154 Å². The summed E-state index contributed by atoms with van der Waals surface area (Å²) in [5, 5.41) is 4.04. The highest BCUT2D eigenvalue weighted by Gasteiger charge is 2.29. The number of hydrogen-bond donors (Lipinski definition) is 1. The monoisotopic (exact) mass is 394 g/mol. The zero-order chi connectivity index (χ0) is 19.2. The fourth-order valence-corrected chi connectivity index (χ4v) is 5.07. The summed E-state index contributed by atoms with van der Waals surface area (Å²) in [4.78, 5) is -0.893. The van der Waals surface area contributed by atoms with Crippen LogP contribution in [0.25, 0.3) is 10.9 Å². The number of fused-ring (bicyclic) bond motifs is 1. The molecule has 1 aromatic heterocycles. The van der Waals surface area contributed by atoms with Gasteiger partial charge in [0.05, 0.1) is 5.52 Å². The van der Waals surface area contributed by atoms with E-state index in [0.717, 1.165) is 40.4 Å². The van der Waals surface area contributed by atoms with Crippen molar-refractivity contribution in [3.63, 3.8) is 0 Å². The minimum absolute atomic E-state index is 0.120. The quantitative estimate of drug-likeness (QED) is 0.688. The summed E-state index contributed by atoms with van der Waals surface area (Å²) in [6.45, 7) is 1.63. The molecule has 0 amide bonds. The minimum Gasteiger partial charge on any atom is -0.316 e. The fraction of sp³-hybridized carbons (Fsp3) is 0.263. The third-order valence-corrected chi connectivity index (χ3v) is 6.67. The van der Waals surface area contributed by atoms with Gasteiger partial charge in [-0.1, -0.05) is 18.2 Å². The molecule has 1 atom stereocenters. The molecule has 27 heavy (non-hydrogen) atoms. The van der Waals surface area contributed by atoms with Crippen molar-refractivity contribution in [2.75, 3.05) is 13.1 Å². The molecule has 2 aromatic carbocycles. The summed E-state index contributed by atoms with van der Waals surface area (Å²) in [7, 11) is -4.44. The second-order valence-electron chi connectivity index (χ2n) is 6.62. The second kappa shape index (κ2) is 6.69. The van der Waals surface area contributed by atoms with Gasteiger partial charge >= 0.3 is 0 Å². The molecule has 1 unspecified atom stereocenters. The van der Waals surface area contributed by atoms with Gasteiger partial charge in [-0.25, -0.2) is 25.6 Å². The van der Waals surface area contributed by atoms with Gasteiger partial charge in [-0.05, 0) is 49.1 Å². The molecule has 0 saturated carbocycles. The summed E-state index contributed by atoms with van der Waals surface area (Å²) in [5.74, 6) is -4.83. The van der Waals surface area contributed by atoms with E-state index < -0.39 is 32.4 Å². The van der Waals surface area contributed by atoms with E-state index in [1.54, 1.807) is 18.2 Å². The van der Waals surface area contributed by atoms with E-state index in [-0.39, 0.29) is 5.92 Å². The SMILES string of the molecule is O=S(=O)(c1ccc(F)c(F)c1F)n1cc(C2CCCNC2)c2ccccc21. The van der Waals surface area contributed by atoms with Gasteiger partial charge in [0, 0.05) is 18.1 Å². The molecule has 0 spiro atoms. The van der Waals surface area contributed by atoms with Crippen LogP contribution in [-0.4, -0.2) is 25.5 Å². The highest BCUT2D eigenvalue weighted by atomic mass is 32.2. The van der Waals surface area contributed by atoms with E-state index in [9.17, 15) is 21.6 Å². The third-order valence-electron chi connectivity index (χ3n) is 4.98. The first-order valence-corrected chi connectivity index (χ1v) is 10.0. The molecule has 1 N–H and O–H groups in total. The van der Waals surface area contributed by atoms with Gasteiger partial charge in [-0.15, -0.1) is 0 Å². The highest BCUT2D eigenvalue weighted by molar-refractivity contribution is 7.90. The maximum atomic E-state index is 14.2. The fourth-order valence-electron chi connectivity index (χ4n) is 3.63. The molecule has 1 saturated heterocycles. The van der Waals surface area contributed by atoms with Gasteiger partial charge in [0.2, 0.25) is 0 Å². The summed E-state index contributed by atoms with van der Waals surface area (Å²) in [6.07, 6.45) is 3.34. The topological polar surface area (TPSA) is 51.1 Å². The zero-order valence-corrected chi connectivity index (χ0v) is 15.1. The Morgan fingerprint density at radius 1 is 1.04 bits per heavy atom. The molecule has 3 aromatic rings. The lowest BCUT2D eigenvalue weighted by Gasteiger charge is -2.22. The molecule has 4 rings (SSSR count). The van der Waals surface area contributed by atoms with E-state index in [2.05, 4.69) is 5.32 Å². The van der Waals surface area contributed by atoms with Crippen LogP contribution in [0.2, 0.25) is 0 Å². The van der Waals surface area contributed by atoms with Gasteiger partial charge in [0.1, 0.15) is 4.90 Å². The summed E-state index contributed by atoms with van der Waals surface area (Å²) >= 11 is 0. The molecule has 8 heteroatoms. The molecule has 1 fully saturated rings. The highest BCUT2D eigenvalue weighted by Crippen LogP contribution is 2.34. The van der Waals surface area contributed by atoms with Crippen molar-refractivity contribution >= 4 is 20.9 Å². The van der Waals surface area contributed by atoms with Crippen LogP contribution in [-0.2, 0) is 10.0 Å². The number of halogens is 3. The molecule has 0 aliphatic carbocycles. The normalized spacial score (nSPS) is 18.1. The van der Waals surface area contributed by atoms with Crippen molar-refractivity contribution in [3.05, 3.63) is 65.6 Å². The Balaban J connectivity index is 1.92. The van der Waals surface area contributed by atoms with Crippen molar-refractivity contribution < 1.29 is 21.6 Å². The Bertz CT molecular complexity index is 1120. The average Bonchev–Trinajstić information content (AvgIpc) is 3.07. The Kier molecular flexibility index (Phi) is 4.47. The average molecular weight is 394 g/mol. The number of benzene rings is 2. The van der Waals surface area contributed by atoms with Gasteiger partial charge in [0.15, 0.2) is 17.5 Å². The third kappa shape index (κ3) is 2.93. The number of aromatic nitrogens is 1. The summed E-state index contributed by atoms with van der Waals surface area (Å²) < 4.78 is 68.1. The van der Waals surface area contributed by atoms with Crippen molar-refractivity contribution in [3.8, 4) is 0 Å². The molecule has 0 radical (unpaired) electrons. The van der Waals surface area contributed by atoms with Crippen LogP contribution in [0.4, 0.5) is 13.2 Å². The van der Waals surface area contributed by atoms with E-state index in [1.165, 1.54) is 6.20 Å². The number of rotatable bonds is 3. The van der Waals surface area contributed by atoms with Gasteiger partial charge < -0.3 is 5.32 Å². The lowest BCUT2D eigenvalue weighted by molar-refractivity contribution is 0.432. The first kappa shape index (κ1) is 18.1. The molecule has 0 bridgehead atoms. The molecule has 2 heterocycles. The lowest BCUT2D eigenvalue weighted by atomic mass is 9.91. The Morgan fingerprint density at radius 2 is 1.81 bits per heavy atom. The standard InChI is InChI=1S/C19H17F3N2O2S/c20-15-7-8-17(19(22)18(15)21)27(25,26)24-11-14(12-4-3-9-23-10-12)13-5-1-2-6-16(13)24/h1-2,5-8,11-12,23H,3-4,9-10H2. The van der Waals surface area contributed by atoms with Crippen LogP contribution in [0.5, 0.6) is 0 Å². The van der Waals surface area contributed by atoms with Gasteiger partial charge in [0.25, 0.3) is 10.0 Å². The first-order chi connectivity index (χ1) is 12.9. The van der Waals surface area contributed by atoms with Crippen LogP contribution < -0.4 is 5.32 Å². The smallest absolute Gasteiger partial charge is 0.271 e. The number of nitrogens with zero attached hydrogens (tertiary/aromatic N) is 1. The first-order valence-electron chi connectivity index (χ1n) is 8.61. The van der Waals surface area contributed by atoms with Gasteiger partial charge in [-0.2, -0.15) is 0 Å². The van der Waals surface area contributed by atoms with Crippen molar-refractivity contribution in [1.82, 2.24) is 9.29 Å².